The minimum atomic E-state index is -0.770. The van der Waals surface area contributed by atoms with Gasteiger partial charge in [-0.05, 0) is 80.0 Å². The second kappa shape index (κ2) is 25.9. The van der Waals surface area contributed by atoms with E-state index in [-0.39, 0.29) is 0 Å². The molecule has 13 heteroatoms. The number of anilines is 2. The predicted molar refractivity (Wildman–Crippen MR) is 264 cm³/mol. The van der Waals surface area contributed by atoms with Crippen LogP contribution in [0.5, 0.6) is 0 Å². The van der Waals surface area contributed by atoms with Crippen LogP contribution in [0.2, 0.25) is 0 Å². The third-order valence-corrected chi connectivity index (χ3v) is 13.1. The number of amides is 3. The third-order valence-electron chi connectivity index (χ3n) is 13.1. The van der Waals surface area contributed by atoms with Crippen LogP contribution in [0.25, 0.3) is 5.57 Å². The van der Waals surface area contributed by atoms with E-state index < -0.39 is 11.9 Å². The van der Waals surface area contributed by atoms with Gasteiger partial charge in [-0.3, -0.25) is 39.5 Å². The molecule has 0 bridgehead atoms. The molecule has 13 nitrogen and oxygen atoms in total. The molecule has 1 aliphatic carbocycles. The molecule has 2 aliphatic heterocycles. The third kappa shape index (κ3) is 13.9. The summed E-state index contributed by atoms with van der Waals surface area (Å²) in [6.07, 6.45) is 19.7. The average molecular weight is 877 g/mol. The zero-order chi connectivity index (χ0) is 45.8. The lowest BCUT2D eigenvalue weighted by atomic mass is 9.94. The van der Waals surface area contributed by atoms with E-state index in [1.807, 2.05) is 50.5 Å². The topological polar surface area (TPSA) is 142 Å². The Balaban J connectivity index is 1.07. The summed E-state index contributed by atoms with van der Waals surface area (Å²) in [5.41, 5.74) is 14.7. The second-order valence-corrected chi connectivity index (χ2v) is 17.9. The number of carbonyl (C=O) groups excluding carboxylic acids is 3. The van der Waals surface area contributed by atoms with Crippen molar-refractivity contribution in [1.29, 1.82) is 0 Å². The molecule has 3 aliphatic rings. The molecule has 1 saturated heterocycles. The quantitative estimate of drug-likeness (QED) is 0.0542. The Morgan fingerprint density at radius 3 is 2.28 bits per heavy atom. The normalized spacial score (nSPS) is 18.3. The molecule has 0 spiro atoms. The molecule has 4 N–H and O–H groups in total. The molecule has 1 atom stereocenters. The Hall–Kier alpha value is -5.27. The highest BCUT2D eigenvalue weighted by atomic mass is 16.2. The van der Waals surface area contributed by atoms with Gasteiger partial charge in [-0.2, -0.15) is 0 Å². The Bertz CT molecular complexity index is 1940. The van der Waals surface area contributed by atoms with Crippen LogP contribution in [0.1, 0.15) is 108 Å². The maximum Gasteiger partial charge on any atom is 0.249 e. The SMILES string of the molecule is C=N/C=C1/C(c2ccc(CN3CCN(C/C(N)=C/NCCCCc4ccc(N(C=O)C(CCC)C(=O)NC=O)c(N(C)C)c4)CC3)cc2)=CN(C2CCCCC2)C1=NCC(CC)CC. The number of carbonyl (C=O) groups is 3. The number of rotatable bonds is 25. The summed E-state index contributed by atoms with van der Waals surface area (Å²) in [6, 6.07) is 14.8. The Kier molecular flexibility index (Phi) is 20.1. The van der Waals surface area contributed by atoms with Crippen molar-refractivity contribution in [2.45, 2.75) is 116 Å². The molecule has 1 unspecified atom stereocenters. The molecule has 2 aromatic rings. The lowest BCUT2D eigenvalue weighted by Crippen LogP contribution is -2.47. The maximum absolute atomic E-state index is 12.6. The van der Waals surface area contributed by atoms with Gasteiger partial charge in [0.2, 0.25) is 18.7 Å². The first-order valence-corrected chi connectivity index (χ1v) is 23.9. The number of hydrogen-bond acceptors (Lipinski definition) is 10. The molecule has 348 valence electrons. The van der Waals surface area contributed by atoms with Crippen molar-refractivity contribution in [1.82, 2.24) is 25.3 Å². The van der Waals surface area contributed by atoms with Gasteiger partial charge in [-0.1, -0.05) is 89.6 Å². The van der Waals surface area contributed by atoms with Crippen LogP contribution in [-0.4, -0.2) is 118 Å². The Labute approximate surface area is 383 Å². The van der Waals surface area contributed by atoms with Crippen molar-refractivity contribution >= 4 is 48.2 Å². The van der Waals surface area contributed by atoms with E-state index in [9.17, 15) is 14.4 Å². The summed E-state index contributed by atoms with van der Waals surface area (Å²) in [6.45, 7) is 17.6. The molecule has 0 radical (unpaired) electrons. The number of aryl methyl sites for hydroxylation is 1. The fourth-order valence-corrected chi connectivity index (χ4v) is 9.18. The minimum Gasteiger partial charge on any atom is -0.400 e. The van der Waals surface area contributed by atoms with Crippen molar-refractivity contribution in [3.05, 3.63) is 89.0 Å². The van der Waals surface area contributed by atoms with Gasteiger partial charge in [0.25, 0.3) is 0 Å². The average Bonchev–Trinajstić information content (AvgIpc) is 3.67. The number of nitrogens with zero attached hydrogens (tertiary/aromatic N) is 7. The molecule has 0 aromatic heterocycles. The molecule has 2 heterocycles. The van der Waals surface area contributed by atoms with Gasteiger partial charge in [0.15, 0.2) is 0 Å². The van der Waals surface area contributed by atoms with Gasteiger partial charge in [-0.15, -0.1) is 0 Å². The molecule has 5 rings (SSSR count). The Morgan fingerprint density at radius 1 is 0.938 bits per heavy atom. The van der Waals surface area contributed by atoms with E-state index in [4.69, 9.17) is 10.7 Å². The second-order valence-electron chi connectivity index (χ2n) is 17.9. The molecule has 64 heavy (non-hydrogen) atoms. The highest BCUT2D eigenvalue weighted by Gasteiger charge is 2.33. The summed E-state index contributed by atoms with van der Waals surface area (Å²) in [5.74, 6) is 1.17. The first-order chi connectivity index (χ1) is 31.1. The highest BCUT2D eigenvalue weighted by Crippen LogP contribution is 2.37. The van der Waals surface area contributed by atoms with Gasteiger partial charge < -0.3 is 25.8 Å². The van der Waals surface area contributed by atoms with E-state index >= 15 is 0 Å². The fraction of sp³-hybridized carbons (Fsp3) is 0.549. The van der Waals surface area contributed by atoms with Crippen molar-refractivity contribution < 1.29 is 14.4 Å². The molecular formula is C51H76N10O3. The zero-order valence-electron chi connectivity index (χ0n) is 39.4. The largest absolute Gasteiger partial charge is 0.400 e. The van der Waals surface area contributed by atoms with E-state index in [0.717, 1.165) is 113 Å². The van der Waals surface area contributed by atoms with Crippen LogP contribution in [0.3, 0.4) is 0 Å². The van der Waals surface area contributed by atoms with Crippen molar-refractivity contribution in [3.8, 4) is 0 Å². The number of nitrogens with one attached hydrogen (secondary N) is 2. The summed E-state index contributed by atoms with van der Waals surface area (Å²) < 4.78 is 0. The van der Waals surface area contributed by atoms with Crippen LogP contribution < -0.4 is 26.2 Å². The number of hydrogen-bond donors (Lipinski definition) is 3. The molecule has 1 saturated carbocycles. The van der Waals surface area contributed by atoms with E-state index in [2.05, 4.69) is 87.4 Å². The lowest BCUT2D eigenvalue weighted by Gasteiger charge is -2.34. The van der Waals surface area contributed by atoms with Gasteiger partial charge in [-0.25, -0.2) is 0 Å². The fourth-order valence-electron chi connectivity index (χ4n) is 9.18. The van der Waals surface area contributed by atoms with Crippen molar-refractivity contribution in [2.75, 3.05) is 69.7 Å². The monoisotopic (exact) mass is 877 g/mol. The van der Waals surface area contributed by atoms with Gasteiger partial charge in [0, 0.05) is 108 Å². The molecule has 2 aromatic carbocycles. The number of amidine groups is 1. The van der Waals surface area contributed by atoms with Gasteiger partial charge in [0.1, 0.15) is 11.9 Å². The standard InChI is InChI=1S/C51H76N10O3/c1-7-15-48(51(64)56-37-62)61(38-63)47-24-21-40(30-49(47)57(5)6)16-13-14-25-54-32-43(52)35-59-28-26-58(27-29-59)34-41-19-22-42(23-20-41)46-36-60(44-17-11-10-12-18-44)50(45(46)33-53-4)55-31-39(8-2)9-3/h19-24,30,32-33,36-39,44,48,54H,4,7-18,25-29,31,34-35,52H2,1-3,5-6H3,(H,56,62,64)/b43-32-,45-33-,55-50?. The van der Waals surface area contributed by atoms with Gasteiger partial charge in [0.05, 0.1) is 11.4 Å². The number of nitrogens with two attached hydrogens (primary N) is 1. The number of imide groups is 1. The van der Waals surface area contributed by atoms with Crippen LogP contribution in [0, 0.1) is 5.92 Å². The molecular weight excluding hydrogens is 801 g/mol. The van der Waals surface area contributed by atoms with Crippen LogP contribution in [0.4, 0.5) is 11.4 Å². The summed E-state index contributed by atoms with van der Waals surface area (Å²) >= 11 is 0. The number of unbranched alkanes of at least 4 members (excludes halogenated alkanes) is 1. The lowest BCUT2D eigenvalue weighted by molar-refractivity contribution is -0.127. The Morgan fingerprint density at radius 2 is 1.64 bits per heavy atom. The van der Waals surface area contributed by atoms with E-state index in [1.54, 1.807) is 0 Å². The first-order valence-electron chi connectivity index (χ1n) is 23.9. The first kappa shape index (κ1) is 49.7. The summed E-state index contributed by atoms with van der Waals surface area (Å²) in [7, 11) is 3.84. The summed E-state index contributed by atoms with van der Waals surface area (Å²) in [5, 5.41) is 5.63. The van der Waals surface area contributed by atoms with Crippen molar-refractivity contribution in [3.63, 3.8) is 0 Å². The zero-order valence-corrected chi connectivity index (χ0v) is 39.4. The van der Waals surface area contributed by atoms with Crippen LogP contribution in [-0.2, 0) is 27.3 Å². The van der Waals surface area contributed by atoms with Crippen LogP contribution in [0.15, 0.2) is 82.3 Å². The predicted octanol–water partition coefficient (Wildman–Crippen LogP) is 7.10. The molecule has 2 fully saturated rings. The van der Waals surface area contributed by atoms with Gasteiger partial charge >= 0.3 is 0 Å². The van der Waals surface area contributed by atoms with Crippen LogP contribution >= 0.6 is 0 Å². The minimum absolute atomic E-state index is 0.363. The number of benzene rings is 2. The molecule has 3 amide bonds. The number of aliphatic imine (C=N–C) groups is 2. The maximum atomic E-state index is 12.6. The number of piperazine rings is 1. The van der Waals surface area contributed by atoms with Crippen molar-refractivity contribution in [2.24, 2.45) is 21.6 Å². The highest BCUT2D eigenvalue weighted by molar-refractivity contribution is 6.16. The summed E-state index contributed by atoms with van der Waals surface area (Å²) in [4.78, 5) is 56.2. The smallest absolute Gasteiger partial charge is 0.249 e. The van der Waals surface area contributed by atoms with E-state index in [1.165, 1.54) is 53.7 Å². The van der Waals surface area contributed by atoms with E-state index in [0.29, 0.717) is 43.3 Å².